The Balaban J connectivity index is 3.14. The predicted molar refractivity (Wildman–Crippen MR) is 40.3 cm³/mol. The molecule has 0 spiro atoms. The molecule has 1 rings (SSSR count). The van der Waals surface area contributed by atoms with Crippen LogP contribution in [0.25, 0.3) is 0 Å². The minimum absolute atomic E-state index is 1.28. The van der Waals surface area contributed by atoms with Gasteiger partial charge in [-0.2, -0.15) is 13.9 Å². The summed E-state index contributed by atoms with van der Waals surface area (Å²) in [5, 5.41) is 12.3. The molecule has 0 radical (unpaired) electrons. The maximum Gasteiger partial charge on any atom is 0.357 e. The fourth-order valence-electron chi connectivity index (χ4n) is 0.945. The molecule has 0 fully saturated rings. The summed E-state index contributed by atoms with van der Waals surface area (Å²) in [5.41, 5.74) is -2.99. The highest BCUT2D eigenvalue weighted by molar-refractivity contribution is 5.85. The van der Waals surface area contributed by atoms with Gasteiger partial charge in [0.1, 0.15) is 5.69 Å². The van der Waals surface area contributed by atoms with Crippen molar-refractivity contribution in [3.63, 3.8) is 0 Å². The summed E-state index contributed by atoms with van der Waals surface area (Å²) in [4.78, 5) is 10.3. The summed E-state index contributed by atoms with van der Waals surface area (Å²) in [5.74, 6) is -9.02. The van der Waals surface area contributed by atoms with Crippen LogP contribution in [0.1, 0.15) is 22.4 Å². The molecule has 0 aliphatic carbocycles. The van der Waals surface area contributed by atoms with Crippen LogP contribution in [0.4, 0.5) is 26.3 Å². The quantitative estimate of drug-likeness (QED) is 0.817. The van der Waals surface area contributed by atoms with Crippen LogP contribution in [-0.4, -0.2) is 33.6 Å². The monoisotopic (exact) mass is 262 g/mol. The van der Waals surface area contributed by atoms with Crippen molar-refractivity contribution in [2.45, 2.75) is 18.5 Å². The SMILES string of the molecule is O=C(O)c1[nH]nc(C(F)C(F)(F)C(F)F)c1F. The summed E-state index contributed by atoms with van der Waals surface area (Å²) in [6.07, 6.45) is -8.12. The standard InChI is InChI=1S/C7H4F6N2O2/c8-1-2(14-15-3(1)5(16)17)4(9)7(12,13)6(10)11/h4,6H,(H,14,15)(H,16,17). The van der Waals surface area contributed by atoms with Crippen LogP contribution >= 0.6 is 0 Å². The molecule has 1 heterocycles. The lowest BCUT2D eigenvalue weighted by molar-refractivity contribution is -0.174. The maximum atomic E-state index is 13.0. The number of nitrogens with one attached hydrogen (secondary N) is 1. The Morgan fingerprint density at radius 3 is 2.24 bits per heavy atom. The van der Waals surface area contributed by atoms with E-state index >= 15 is 0 Å². The zero-order valence-corrected chi connectivity index (χ0v) is 7.73. The fraction of sp³-hybridized carbons (Fsp3) is 0.429. The first kappa shape index (κ1) is 13.3. The third-order valence-electron chi connectivity index (χ3n) is 1.82. The average molecular weight is 262 g/mol. The number of hydrogen-bond acceptors (Lipinski definition) is 2. The number of carboxylic acid groups (broad SMARTS) is 1. The van der Waals surface area contributed by atoms with E-state index in [2.05, 4.69) is 5.10 Å². The third kappa shape index (κ3) is 2.19. The van der Waals surface area contributed by atoms with E-state index in [-0.39, 0.29) is 0 Å². The number of aromatic amines is 1. The number of rotatable bonds is 4. The molecule has 1 atom stereocenters. The van der Waals surface area contributed by atoms with Crippen LogP contribution < -0.4 is 0 Å². The summed E-state index contributed by atoms with van der Waals surface area (Å²) in [6, 6.07) is 0. The van der Waals surface area contributed by atoms with Crippen LogP contribution in [0.5, 0.6) is 0 Å². The summed E-state index contributed by atoms with van der Waals surface area (Å²) in [7, 11) is 0. The van der Waals surface area contributed by atoms with Crippen LogP contribution in [0.3, 0.4) is 0 Å². The van der Waals surface area contributed by atoms with Crippen molar-refractivity contribution < 1.29 is 36.2 Å². The zero-order chi connectivity index (χ0) is 13.4. The molecule has 10 heteroatoms. The lowest BCUT2D eigenvalue weighted by Crippen LogP contribution is -2.32. The highest BCUT2D eigenvalue weighted by Crippen LogP contribution is 2.39. The second-order valence-corrected chi connectivity index (χ2v) is 2.94. The Morgan fingerprint density at radius 1 is 1.35 bits per heavy atom. The van der Waals surface area contributed by atoms with E-state index in [0.29, 0.717) is 0 Å². The normalized spacial score (nSPS) is 14.1. The predicted octanol–water partition coefficient (Wildman–Crippen LogP) is 2.16. The van der Waals surface area contributed by atoms with Crippen molar-refractivity contribution in [1.82, 2.24) is 10.2 Å². The second kappa shape index (κ2) is 4.26. The lowest BCUT2D eigenvalue weighted by atomic mass is 10.1. The van der Waals surface area contributed by atoms with E-state index < -0.39 is 41.7 Å². The van der Waals surface area contributed by atoms with Gasteiger partial charge in [0.25, 0.3) is 0 Å². The van der Waals surface area contributed by atoms with Crippen molar-refractivity contribution in [2.75, 3.05) is 0 Å². The number of nitrogens with zero attached hydrogens (tertiary/aromatic N) is 1. The Morgan fingerprint density at radius 2 is 1.88 bits per heavy atom. The minimum atomic E-state index is -5.16. The van der Waals surface area contributed by atoms with Crippen molar-refractivity contribution >= 4 is 5.97 Å². The Bertz CT molecular complexity index is 432. The number of H-pyrrole nitrogens is 1. The molecule has 1 aromatic rings. The molecule has 1 aromatic heterocycles. The van der Waals surface area contributed by atoms with Gasteiger partial charge in [0, 0.05) is 0 Å². The van der Waals surface area contributed by atoms with E-state index in [9.17, 15) is 31.1 Å². The molecule has 0 saturated heterocycles. The average Bonchev–Trinajstić information content (AvgIpc) is 2.58. The summed E-state index contributed by atoms with van der Waals surface area (Å²) < 4.78 is 74.6. The maximum absolute atomic E-state index is 13.0. The van der Waals surface area contributed by atoms with Crippen molar-refractivity contribution in [2.24, 2.45) is 0 Å². The van der Waals surface area contributed by atoms with Gasteiger partial charge in [-0.25, -0.2) is 22.4 Å². The van der Waals surface area contributed by atoms with Crippen molar-refractivity contribution in [3.8, 4) is 0 Å². The molecule has 0 aromatic carbocycles. The van der Waals surface area contributed by atoms with Crippen LogP contribution in [-0.2, 0) is 0 Å². The third-order valence-corrected chi connectivity index (χ3v) is 1.82. The van der Waals surface area contributed by atoms with E-state index in [1.54, 1.807) is 0 Å². The van der Waals surface area contributed by atoms with Crippen molar-refractivity contribution in [1.29, 1.82) is 0 Å². The molecule has 4 nitrogen and oxygen atoms in total. The largest absolute Gasteiger partial charge is 0.476 e. The highest BCUT2D eigenvalue weighted by atomic mass is 19.3. The number of carboxylic acids is 1. The molecule has 0 aliphatic rings. The Hall–Kier alpha value is -1.74. The first-order chi connectivity index (χ1) is 7.69. The first-order valence-electron chi connectivity index (χ1n) is 3.96. The number of aromatic carboxylic acids is 1. The number of hydrogen-bond donors (Lipinski definition) is 2. The van der Waals surface area contributed by atoms with Gasteiger partial charge in [-0.3, -0.25) is 5.10 Å². The summed E-state index contributed by atoms with van der Waals surface area (Å²) >= 11 is 0. The molecule has 2 N–H and O–H groups in total. The van der Waals surface area contributed by atoms with E-state index in [1.807, 2.05) is 0 Å². The highest BCUT2D eigenvalue weighted by Gasteiger charge is 2.52. The van der Waals surface area contributed by atoms with Gasteiger partial charge < -0.3 is 5.11 Å². The number of halogens is 6. The fourth-order valence-corrected chi connectivity index (χ4v) is 0.945. The van der Waals surface area contributed by atoms with Crippen LogP contribution in [0, 0.1) is 5.82 Å². The van der Waals surface area contributed by atoms with Crippen LogP contribution in [0.2, 0.25) is 0 Å². The first-order valence-corrected chi connectivity index (χ1v) is 3.96. The molecule has 96 valence electrons. The van der Waals surface area contributed by atoms with Gasteiger partial charge in [0.2, 0.25) is 6.17 Å². The zero-order valence-electron chi connectivity index (χ0n) is 7.73. The van der Waals surface area contributed by atoms with Gasteiger partial charge in [0.15, 0.2) is 11.5 Å². The minimum Gasteiger partial charge on any atom is -0.476 e. The van der Waals surface area contributed by atoms with Gasteiger partial charge >= 0.3 is 18.3 Å². The molecule has 0 bridgehead atoms. The Labute approximate surface area is 89.2 Å². The number of aromatic nitrogens is 2. The number of carbonyl (C=O) groups is 1. The molecular weight excluding hydrogens is 258 g/mol. The van der Waals surface area contributed by atoms with Gasteiger partial charge in [-0.05, 0) is 0 Å². The van der Waals surface area contributed by atoms with Crippen molar-refractivity contribution in [3.05, 3.63) is 17.2 Å². The number of alkyl halides is 5. The lowest BCUT2D eigenvalue weighted by Gasteiger charge is -2.17. The molecule has 0 aliphatic heterocycles. The van der Waals surface area contributed by atoms with E-state index in [4.69, 9.17) is 5.11 Å². The van der Waals surface area contributed by atoms with E-state index in [0.717, 1.165) is 0 Å². The van der Waals surface area contributed by atoms with E-state index in [1.165, 1.54) is 5.10 Å². The summed E-state index contributed by atoms with van der Waals surface area (Å²) in [6.45, 7) is 0. The second-order valence-electron chi connectivity index (χ2n) is 2.94. The molecule has 17 heavy (non-hydrogen) atoms. The van der Waals surface area contributed by atoms with Crippen LogP contribution in [0.15, 0.2) is 0 Å². The molecule has 0 amide bonds. The molecular formula is C7H4F6N2O2. The Kier molecular flexibility index (Phi) is 3.34. The molecule has 1 unspecified atom stereocenters. The smallest absolute Gasteiger partial charge is 0.357 e. The van der Waals surface area contributed by atoms with Gasteiger partial charge in [-0.1, -0.05) is 0 Å². The molecule has 0 saturated carbocycles. The van der Waals surface area contributed by atoms with Gasteiger partial charge in [-0.15, -0.1) is 0 Å². The topological polar surface area (TPSA) is 66.0 Å². The van der Waals surface area contributed by atoms with Gasteiger partial charge in [0.05, 0.1) is 0 Å².